The number of benzene rings is 1. The molecular weight excluding hydrogens is 231 g/mol. The first kappa shape index (κ1) is 13.5. The fraction of sp³-hybridized carbons (Fsp3) is 0.417. The molecule has 5 heteroatoms. The van der Waals surface area contributed by atoms with E-state index in [9.17, 15) is 18.3 Å². The molecule has 0 saturated carbocycles. The largest absolute Gasteiger partial charge is 0.416 e. The van der Waals surface area contributed by atoms with Crippen LogP contribution in [-0.4, -0.2) is 11.2 Å². The molecule has 0 radical (unpaired) electrons. The predicted octanol–water partition coefficient (Wildman–Crippen LogP) is 3.08. The summed E-state index contributed by atoms with van der Waals surface area (Å²) in [6.45, 7) is 1.50. The van der Waals surface area contributed by atoms with Gasteiger partial charge >= 0.3 is 6.18 Å². The number of hydrogen-bond donors (Lipinski definition) is 1. The zero-order valence-corrected chi connectivity index (χ0v) is 9.20. The Kier molecular flexibility index (Phi) is 4.13. The van der Waals surface area contributed by atoms with E-state index in [2.05, 4.69) is 0 Å². The normalized spacial score (nSPS) is 15.1. The van der Waals surface area contributed by atoms with Crippen molar-refractivity contribution in [2.75, 3.05) is 0 Å². The first-order valence-electron chi connectivity index (χ1n) is 5.09. The molecule has 2 unspecified atom stereocenters. The Labute approximate surface area is 97.3 Å². The monoisotopic (exact) mass is 243 g/mol. The van der Waals surface area contributed by atoms with Gasteiger partial charge in [-0.1, -0.05) is 18.2 Å². The van der Waals surface area contributed by atoms with Crippen molar-refractivity contribution in [2.24, 2.45) is 0 Å². The summed E-state index contributed by atoms with van der Waals surface area (Å²) < 4.78 is 37.4. The highest BCUT2D eigenvalue weighted by Crippen LogP contribution is 2.31. The van der Waals surface area contributed by atoms with Gasteiger partial charge in [0.2, 0.25) is 0 Å². The summed E-state index contributed by atoms with van der Waals surface area (Å²) in [6.07, 6.45) is -5.02. The summed E-state index contributed by atoms with van der Waals surface area (Å²) in [4.78, 5) is 0. The third-order valence-electron chi connectivity index (χ3n) is 2.35. The molecule has 17 heavy (non-hydrogen) atoms. The van der Waals surface area contributed by atoms with Gasteiger partial charge in [0, 0.05) is 0 Å². The van der Waals surface area contributed by atoms with Crippen LogP contribution in [0.2, 0.25) is 0 Å². The summed E-state index contributed by atoms with van der Waals surface area (Å²) in [6, 6.07) is 6.55. The fourth-order valence-corrected chi connectivity index (χ4v) is 1.54. The van der Waals surface area contributed by atoms with Crippen LogP contribution in [0.1, 0.15) is 30.4 Å². The highest BCUT2D eigenvalue weighted by Gasteiger charge is 2.31. The Balaban J connectivity index is 3.02. The van der Waals surface area contributed by atoms with Gasteiger partial charge in [-0.05, 0) is 25.0 Å². The van der Waals surface area contributed by atoms with Gasteiger partial charge in [0.25, 0.3) is 0 Å². The Morgan fingerprint density at radius 2 is 2.06 bits per heavy atom. The second-order valence-corrected chi connectivity index (χ2v) is 3.89. The number of aliphatic hydroxyl groups excluding tert-OH is 1. The topological polar surface area (TPSA) is 44.0 Å². The van der Waals surface area contributed by atoms with Crippen LogP contribution in [0.15, 0.2) is 24.3 Å². The molecule has 1 N–H and O–H groups in total. The van der Waals surface area contributed by atoms with Gasteiger partial charge in [-0.15, -0.1) is 0 Å². The zero-order valence-electron chi connectivity index (χ0n) is 9.20. The lowest BCUT2D eigenvalue weighted by Crippen LogP contribution is -2.09. The average Bonchev–Trinajstić information content (AvgIpc) is 2.24. The van der Waals surface area contributed by atoms with E-state index in [1.807, 2.05) is 6.07 Å². The van der Waals surface area contributed by atoms with Crippen molar-refractivity contribution in [3.05, 3.63) is 35.4 Å². The van der Waals surface area contributed by atoms with E-state index in [4.69, 9.17) is 5.26 Å². The van der Waals surface area contributed by atoms with Crippen LogP contribution in [0.3, 0.4) is 0 Å². The van der Waals surface area contributed by atoms with Crippen molar-refractivity contribution < 1.29 is 18.3 Å². The van der Waals surface area contributed by atoms with Crippen molar-refractivity contribution in [3.63, 3.8) is 0 Å². The standard InChI is InChI=1S/C12H12F3NO/c1-8(17)5-10(7-16)9-3-2-4-11(6-9)12(13,14)15/h2-4,6,8,10,17H,5H2,1H3. The minimum Gasteiger partial charge on any atom is -0.393 e. The molecule has 0 bridgehead atoms. The van der Waals surface area contributed by atoms with Gasteiger partial charge in [0.15, 0.2) is 0 Å². The maximum absolute atomic E-state index is 12.5. The summed E-state index contributed by atoms with van der Waals surface area (Å²) in [5.41, 5.74) is -0.496. The first-order valence-corrected chi connectivity index (χ1v) is 5.09. The quantitative estimate of drug-likeness (QED) is 0.886. The minimum absolute atomic E-state index is 0.123. The van der Waals surface area contributed by atoms with Gasteiger partial charge in [-0.25, -0.2) is 0 Å². The molecule has 1 rings (SSSR count). The summed E-state index contributed by atoms with van der Waals surface area (Å²) >= 11 is 0. The highest BCUT2D eigenvalue weighted by molar-refractivity contribution is 5.31. The second-order valence-electron chi connectivity index (χ2n) is 3.89. The van der Waals surface area contributed by atoms with Crippen molar-refractivity contribution in [1.82, 2.24) is 0 Å². The van der Waals surface area contributed by atoms with E-state index < -0.39 is 23.8 Å². The molecule has 0 saturated heterocycles. The molecule has 0 fully saturated rings. The van der Waals surface area contributed by atoms with Crippen LogP contribution < -0.4 is 0 Å². The summed E-state index contributed by atoms with van der Waals surface area (Å²) in [7, 11) is 0. The molecule has 92 valence electrons. The zero-order chi connectivity index (χ0) is 13.1. The second kappa shape index (κ2) is 5.19. The molecular formula is C12H12F3NO. The van der Waals surface area contributed by atoms with Gasteiger partial charge in [0.1, 0.15) is 0 Å². The number of nitrogens with zero attached hydrogens (tertiary/aromatic N) is 1. The first-order chi connectivity index (χ1) is 7.84. The van der Waals surface area contributed by atoms with E-state index in [1.54, 1.807) is 0 Å². The van der Waals surface area contributed by atoms with Gasteiger partial charge in [0.05, 0.1) is 23.7 Å². The number of rotatable bonds is 3. The number of halogens is 3. The number of hydrogen-bond acceptors (Lipinski definition) is 2. The van der Waals surface area contributed by atoms with Gasteiger partial charge in [-0.2, -0.15) is 18.4 Å². The van der Waals surface area contributed by atoms with E-state index >= 15 is 0 Å². The predicted molar refractivity (Wildman–Crippen MR) is 56.1 cm³/mol. The average molecular weight is 243 g/mol. The smallest absolute Gasteiger partial charge is 0.393 e. The van der Waals surface area contributed by atoms with E-state index in [0.29, 0.717) is 0 Å². The molecule has 0 aromatic heterocycles. The van der Waals surface area contributed by atoms with Crippen LogP contribution in [0.4, 0.5) is 13.2 Å². The molecule has 2 atom stereocenters. The molecule has 0 aliphatic rings. The van der Waals surface area contributed by atoms with Crippen LogP contribution >= 0.6 is 0 Å². The fourth-order valence-electron chi connectivity index (χ4n) is 1.54. The molecule has 0 amide bonds. The SMILES string of the molecule is CC(O)CC(C#N)c1cccc(C(F)(F)F)c1. The summed E-state index contributed by atoms with van der Waals surface area (Å²) in [5.74, 6) is -0.725. The van der Waals surface area contributed by atoms with Crippen molar-refractivity contribution in [2.45, 2.75) is 31.5 Å². The van der Waals surface area contributed by atoms with Crippen LogP contribution in [-0.2, 0) is 6.18 Å². The maximum Gasteiger partial charge on any atom is 0.416 e. The Morgan fingerprint density at radius 1 is 1.41 bits per heavy atom. The lowest BCUT2D eigenvalue weighted by molar-refractivity contribution is -0.137. The van der Waals surface area contributed by atoms with E-state index in [-0.39, 0.29) is 12.0 Å². The van der Waals surface area contributed by atoms with Crippen molar-refractivity contribution >= 4 is 0 Å². The van der Waals surface area contributed by atoms with Gasteiger partial charge in [-0.3, -0.25) is 0 Å². The third kappa shape index (κ3) is 3.75. The van der Waals surface area contributed by atoms with Crippen molar-refractivity contribution in [1.29, 1.82) is 5.26 Å². The lowest BCUT2D eigenvalue weighted by atomic mass is 9.93. The molecule has 0 aliphatic carbocycles. The molecule has 0 heterocycles. The van der Waals surface area contributed by atoms with Crippen molar-refractivity contribution in [3.8, 4) is 6.07 Å². The minimum atomic E-state index is -4.42. The molecule has 2 nitrogen and oxygen atoms in total. The highest BCUT2D eigenvalue weighted by atomic mass is 19.4. The molecule has 0 spiro atoms. The Hall–Kier alpha value is -1.54. The lowest BCUT2D eigenvalue weighted by Gasteiger charge is -2.13. The molecule has 0 aliphatic heterocycles. The third-order valence-corrected chi connectivity index (χ3v) is 2.35. The summed E-state index contributed by atoms with van der Waals surface area (Å²) in [5, 5.41) is 18.1. The van der Waals surface area contributed by atoms with E-state index in [1.165, 1.54) is 19.1 Å². The van der Waals surface area contributed by atoms with Crippen LogP contribution in [0.25, 0.3) is 0 Å². The number of aliphatic hydroxyl groups is 1. The number of nitriles is 1. The number of alkyl halides is 3. The van der Waals surface area contributed by atoms with E-state index in [0.717, 1.165) is 12.1 Å². The van der Waals surface area contributed by atoms with Gasteiger partial charge < -0.3 is 5.11 Å². The molecule has 1 aromatic carbocycles. The molecule has 1 aromatic rings. The van der Waals surface area contributed by atoms with Crippen LogP contribution in [0, 0.1) is 11.3 Å². The Bertz CT molecular complexity index is 420. The van der Waals surface area contributed by atoms with Crippen LogP contribution in [0.5, 0.6) is 0 Å². The Morgan fingerprint density at radius 3 is 2.53 bits per heavy atom. The maximum atomic E-state index is 12.5.